The van der Waals surface area contributed by atoms with Gasteiger partial charge in [-0.1, -0.05) is 0 Å². The molecule has 1 atom stereocenters. The second-order valence-electron chi connectivity index (χ2n) is 8.71. The Morgan fingerprint density at radius 2 is 2.19 bits per heavy atom. The summed E-state index contributed by atoms with van der Waals surface area (Å²) in [4.78, 5) is 28.5. The smallest absolute Gasteiger partial charge is 0.260 e. The Balaban J connectivity index is 1.18. The predicted octanol–water partition coefficient (Wildman–Crippen LogP) is 2.60. The van der Waals surface area contributed by atoms with E-state index in [2.05, 4.69) is 41.9 Å². The minimum Gasteiger partial charge on any atom is -0.381 e. The molecule has 1 saturated carbocycles. The van der Waals surface area contributed by atoms with E-state index >= 15 is 0 Å². The van der Waals surface area contributed by atoms with Gasteiger partial charge in [-0.2, -0.15) is 5.10 Å². The number of thiazole rings is 1. The van der Waals surface area contributed by atoms with Gasteiger partial charge in [0.15, 0.2) is 0 Å². The average Bonchev–Trinajstić information content (AvgIpc) is 3.02. The van der Waals surface area contributed by atoms with Gasteiger partial charge < -0.3 is 20.9 Å². The molecular weight excluding hydrogens is 480 g/mol. The van der Waals surface area contributed by atoms with Crippen molar-refractivity contribution in [1.29, 1.82) is 0 Å². The zero-order chi connectivity index (χ0) is 21.6. The fraction of sp³-hybridized carbons (Fsp3) is 0.476. The van der Waals surface area contributed by atoms with E-state index in [-0.39, 0.29) is 17.9 Å². The molecule has 31 heavy (non-hydrogen) atoms. The van der Waals surface area contributed by atoms with E-state index < -0.39 is 0 Å². The van der Waals surface area contributed by atoms with Crippen LogP contribution < -0.4 is 16.0 Å². The summed E-state index contributed by atoms with van der Waals surface area (Å²) in [5.41, 5.74) is 2.45. The molecule has 10 heteroatoms. The van der Waals surface area contributed by atoms with E-state index in [0.29, 0.717) is 28.8 Å². The minimum absolute atomic E-state index is 0.0111. The Morgan fingerprint density at radius 3 is 2.97 bits per heavy atom. The molecule has 1 unspecified atom stereocenters. The molecule has 5 rings (SSSR count). The highest BCUT2D eigenvalue weighted by atomic mass is 79.9. The molecule has 1 saturated heterocycles. The molecule has 2 aliphatic heterocycles. The Labute approximate surface area is 192 Å². The van der Waals surface area contributed by atoms with Crippen molar-refractivity contribution in [2.75, 3.05) is 19.6 Å². The fourth-order valence-electron chi connectivity index (χ4n) is 4.26. The lowest BCUT2D eigenvalue weighted by Gasteiger charge is -2.23. The number of aromatic nitrogens is 2. The molecule has 8 nitrogen and oxygen atoms in total. The van der Waals surface area contributed by atoms with Gasteiger partial charge >= 0.3 is 0 Å². The van der Waals surface area contributed by atoms with E-state index in [1.165, 1.54) is 30.6 Å². The standard InChI is InChI=1S/C21H25BrN6O2S/c1-13-16(26-19(30)15-10-24-28-11-17(22)31-20(15)28)8-14(9-23-13)25-18(29)2-6-27-7-5-21(12-27)3-4-21/h8-11,13,23H,2-7,12H2,1H3,(H,25,29)(H,26,30). The van der Waals surface area contributed by atoms with Crippen molar-refractivity contribution >= 4 is 43.9 Å². The van der Waals surface area contributed by atoms with Crippen LogP contribution >= 0.6 is 27.3 Å². The van der Waals surface area contributed by atoms with Gasteiger partial charge in [0.1, 0.15) is 4.83 Å². The number of allylic oxidation sites excluding steroid dienone is 1. The molecule has 164 valence electrons. The first-order valence-corrected chi connectivity index (χ1v) is 12.2. The Hall–Kier alpha value is -2.17. The highest BCUT2D eigenvalue weighted by Gasteiger charge is 2.47. The van der Waals surface area contributed by atoms with Crippen molar-refractivity contribution in [3.05, 3.63) is 45.4 Å². The van der Waals surface area contributed by atoms with E-state index in [1.807, 2.05) is 19.2 Å². The van der Waals surface area contributed by atoms with Gasteiger partial charge in [0.2, 0.25) is 5.91 Å². The lowest BCUT2D eigenvalue weighted by molar-refractivity contribution is -0.120. The zero-order valence-electron chi connectivity index (χ0n) is 17.3. The lowest BCUT2D eigenvalue weighted by Crippen LogP contribution is -2.39. The maximum Gasteiger partial charge on any atom is 0.260 e. The Bertz CT molecular complexity index is 1100. The van der Waals surface area contributed by atoms with E-state index in [1.54, 1.807) is 16.9 Å². The quantitative estimate of drug-likeness (QED) is 0.562. The maximum absolute atomic E-state index is 12.8. The SMILES string of the molecule is CC1NC=C(NC(=O)CCN2CCC3(CC3)C2)C=C1NC(=O)c1cnn2cc(Br)sc12. The highest BCUT2D eigenvalue weighted by molar-refractivity contribution is 9.11. The summed E-state index contributed by atoms with van der Waals surface area (Å²) in [5.74, 6) is -0.233. The van der Waals surface area contributed by atoms with E-state index in [4.69, 9.17) is 0 Å². The fourth-order valence-corrected chi connectivity index (χ4v) is 5.70. The van der Waals surface area contributed by atoms with Crippen LogP contribution in [0.3, 0.4) is 0 Å². The lowest BCUT2D eigenvalue weighted by atomic mass is 10.1. The first-order chi connectivity index (χ1) is 14.9. The van der Waals surface area contributed by atoms with Crippen LogP contribution in [0.5, 0.6) is 0 Å². The molecule has 1 spiro atoms. The van der Waals surface area contributed by atoms with E-state index in [0.717, 1.165) is 28.3 Å². The molecule has 4 heterocycles. The van der Waals surface area contributed by atoms with Crippen LogP contribution in [-0.2, 0) is 4.79 Å². The Kier molecular flexibility index (Phi) is 5.39. The van der Waals surface area contributed by atoms with Crippen molar-refractivity contribution in [3.8, 4) is 0 Å². The largest absolute Gasteiger partial charge is 0.381 e. The van der Waals surface area contributed by atoms with Gasteiger partial charge in [0, 0.05) is 31.4 Å². The number of carbonyl (C=O) groups is 2. The van der Waals surface area contributed by atoms with Gasteiger partial charge in [0.25, 0.3) is 5.91 Å². The molecule has 2 amide bonds. The number of likely N-dealkylation sites (tertiary alicyclic amines) is 1. The molecule has 0 aromatic carbocycles. The van der Waals surface area contributed by atoms with Crippen molar-refractivity contribution in [1.82, 2.24) is 30.5 Å². The van der Waals surface area contributed by atoms with Crippen LogP contribution in [0.2, 0.25) is 0 Å². The van der Waals surface area contributed by atoms with Crippen LogP contribution in [-0.4, -0.2) is 52.0 Å². The number of nitrogens with zero attached hydrogens (tertiary/aromatic N) is 3. The normalized spacial score (nSPS) is 22.2. The molecule has 2 aromatic heterocycles. The van der Waals surface area contributed by atoms with E-state index in [9.17, 15) is 9.59 Å². The molecule has 0 bridgehead atoms. The summed E-state index contributed by atoms with van der Waals surface area (Å²) < 4.78 is 2.59. The third-order valence-electron chi connectivity index (χ3n) is 6.35. The third-order valence-corrected chi connectivity index (χ3v) is 7.94. The van der Waals surface area contributed by atoms with Crippen molar-refractivity contribution in [2.24, 2.45) is 5.41 Å². The number of fused-ring (bicyclic) bond motifs is 1. The van der Waals surface area contributed by atoms with Crippen molar-refractivity contribution in [3.63, 3.8) is 0 Å². The van der Waals surface area contributed by atoms with Gasteiger partial charge in [-0.05, 0) is 60.2 Å². The van der Waals surface area contributed by atoms with Gasteiger partial charge in [0.05, 0.1) is 33.5 Å². The molecule has 2 aromatic rings. The summed E-state index contributed by atoms with van der Waals surface area (Å²) in [6.45, 7) is 5.00. The molecule has 3 aliphatic rings. The second kappa shape index (κ2) is 8.07. The number of carbonyl (C=O) groups excluding carboxylic acids is 2. The highest BCUT2D eigenvalue weighted by Crippen LogP contribution is 2.52. The molecule has 0 radical (unpaired) electrons. The number of halogens is 1. The summed E-state index contributed by atoms with van der Waals surface area (Å²) in [5, 5.41) is 13.3. The average molecular weight is 505 g/mol. The van der Waals surface area contributed by atoms with Crippen molar-refractivity contribution in [2.45, 2.75) is 38.6 Å². The van der Waals surface area contributed by atoms with Gasteiger partial charge in [-0.25, -0.2) is 4.52 Å². The van der Waals surface area contributed by atoms with Crippen molar-refractivity contribution < 1.29 is 9.59 Å². The third kappa shape index (κ3) is 4.42. The Morgan fingerprint density at radius 1 is 1.35 bits per heavy atom. The molecule has 3 N–H and O–H groups in total. The molecule has 2 fully saturated rings. The monoisotopic (exact) mass is 504 g/mol. The first kappa shape index (κ1) is 20.7. The minimum atomic E-state index is -0.222. The van der Waals surface area contributed by atoms with Crippen LogP contribution in [0.4, 0.5) is 0 Å². The number of hydrogen-bond acceptors (Lipinski definition) is 6. The first-order valence-electron chi connectivity index (χ1n) is 10.5. The zero-order valence-corrected chi connectivity index (χ0v) is 19.7. The number of hydrogen-bond donors (Lipinski definition) is 3. The second-order valence-corrected chi connectivity index (χ2v) is 11.1. The maximum atomic E-state index is 12.8. The predicted molar refractivity (Wildman–Crippen MR) is 122 cm³/mol. The topological polar surface area (TPSA) is 90.8 Å². The number of rotatable bonds is 6. The summed E-state index contributed by atoms with van der Waals surface area (Å²) in [7, 11) is 0. The van der Waals surface area contributed by atoms with Crippen LogP contribution in [0.15, 0.2) is 39.9 Å². The van der Waals surface area contributed by atoms with Crippen LogP contribution in [0.1, 0.15) is 43.0 Å². The number of dihydropyridines is 1. The van der Waals surface area contributed by atoms with Crippen LogP contribution in [0.25, 0.3) is 4.83 Å². The summed E-state index contributed by atoms with van der Waals surface area (Å²) in [6.07, 6.45) is 11.4. The number of nitrogens with one attached hydrogen (secondary N) is 3. The van der Waals surface area contributed by atoms with Gasteiger partial charge in [-0.3, -0.25) is 9.59 Å². The molecule has 1 aliphatic carbocycles. The summed E-state index contributed by atoms with van der Waals surface area (Å²) >= 11 is 4.88. The molecular formula is C21H25BrN6O2S. The number of amides is 2. The van der Waals surface area contributed by atoms with Gasteiger partial charge in [-0.15, -0.1) is 11.3 Å². The van der Waals surface area contributed by atoms with Crippen LogP contribution in [0, 0.1) is 5.41 Å². The summed E-state index contributed by atoms with van der Waals surface area (Å²) in [6, 6.07) is -0.0786.